The number of imidazole rings is 1. The van der Waals surface area contributed by atoms with Gasteiger partial charge in [0.1, 0.15) is 16.4 Å². The molecule has 0 aliphatic carbocycles. The molecular weight excluding hydrogens is 466 g/mol. The Morgan fingerprint density at radius 3 is 2.57 bits per heavy atom. The van der Waals surface area contributed by atoms with Crippen molar-refractivity contribution in [3.63, 3.8) is 0 Å². The highest BCUT2D eigenvalue weighted by atomic mass is 32.2. The number of fused-ring (bicyclic) bond motifs is 1. The average molecular weight is 494 g/mol. The summed E-state index contributed by atoms with van der Waals surface area (Å²) >= 11 is 0. The van der Waals surface area contributed by atoms with Gasteiger partial charge in [-0.15, -0.1) is 0 Å². The van der Waals surface area contributed by atoms with Crippen LogP contribution in [0.5, 0.6) is 0 Å². The number of benzene rings is 2. The molecule has 0 spiro atoms. The fraction of sp³-hybridized carbons (Fsp3) is 0.280. The Balaban J connectivity index is 1.43. The quantitative estimate of drug-likeness (QED) is 0.411. The molecule has 3 heterocycles. The first-order chi connectivity index (χ1) is 16.9. The van der Waals surface area contributed by atoms with Crippen LogP contribution in [0.25, 0.3) is 11.0 Å². The average Bonchev–Trinajstić information content (AvgIpc) is 3.49. The first-order valence-electron chi connectivity index (χ1n) is 11.5. The molecule has 1 saturated heterocycles. The Kier molecular flexibility index (Phi) is 6.42. The van der Waals surface area contributed by atoms with Crippen LogP contribution in [-0.2, 0) is 28.2 Å². The van der Waals surface area contributed by atoms with Crippen molar-refractivity contribution >= 4 is 27.0 Å². The summed E-state index contributed by atoms with van der Waals surface area (Å²) in [7, 11) is -2.04. The van der Waals surface area contributed by atoms with Crippen LogP contribution in [0.4, 0.5) is 0 Å². The fourth-order valence-electron chi connectivity index (χ4n) is 4.27. The fourth-order valence-corrected chi connectivity index (χ4v) is 5.75. The Hall–Kier alpha value is -3.47. The summed E-state index contributed by atoms with van der Waals surface area (Å²) in [5.74, 6) is 0.260. The summed E-state index contributed by atoms with van der Waals surface area (Å²) in [6.07, 6.45) is 2.00. The van der Waals surface area contributed by atoms with Gasteiger partial charge in [-0.1, -0.05) is 42.5 Å². The number of hydrogen-bond donors (Lipinski definition) is 2. The summed E-state index contributed by atoms with van der Waals surface area (Å²) < 4.78 is 34.3. The number of para-hydroxylation sites is 2. The number of rotatable bonds is 7. The van der Waals surface area contributed by atoms with E-state index in [2.05, 4.69) is 10.3 Å². The van der Waals surface area contributed by atoms with Gasteiger partial charge in [-0.3, -0.25) is 4.79 Å². The number of aromatic nitrogens is 3. The van der Waals surface area contributed by atoms with Crippen molar-refractivity contribution in [2.24, 2.45) is 7.05 Å². The molecule has 10 heteroatoms. The summed E-state index contributed by atoms with van der Waals surface area (Å²) in [4.78, 5) is 21.5. The second-order valence-electron chi connectivity index (χ2n) is 8.54. The van der Waals surface area contributed by atoms with E-state index in [9.17, 15) is 13.2 Å². The molecule has 35 heavy (non-hydrogen) atoms. The molecule has 5 rings (SSSR count). The summed E-state index contributed by atoms with van der Waals surface area (Å²) in [5, 5.41) is 3.06. The van der Waals surface area contributed by atoms with E-state index in [-0.39, 0.29) is 16.5 Å². The van der Waals surface area contributed by atoms with Crippen molar-refractivity contribution in [2.75, 3.05) is 26.3 Å². The maximum absolute atomic E-state index is 13.4. The number of aryl methyl sites for hydroxylation is 1. The van der Waals surface area contributed by atoms with Gasteiger partial charge in [0, 0.05) is 26.3 Å². The topological polar surface area (TPSA) is 109 Å². The zero-order chi connectivity index (χ0) is 24.4. The number of aromatic amines is 1. The summed E-state index contributed by atoms with van der Waals surface area (Å²) in [6, 6.07) is 18.5. The minimum Gasteiger partial charge on any atom is -0.379 e. The molecule has 9 nitrogen and oxygen atoms in total. The molecule has 0 saturated carbocycles. The van der Waals surface area contributed by atoms with Gasteiger partial charge in [0.15, 0.2) is 0 Å². The minimum absolute atomic E-state index is 0.0930. The van der Waals surface area contributed by atoms with Gasteiger partial charge in [0.2, 0.25) is 10.0 Å². The van der Waals surface area contributed by atoms with E-state index in [0.717, 1.165) is 16.6 Å². The van der Waals surface area contributed by atoms with Crippen molar-refractivity contribution < 1.29 is 17.9 Å². The number of H-pyrrole nitrogens is 1. The molecule has 1 aliphatic rings. The van der Waals surface area contributed by atoms with E-state index >= 15 is 0 Å². The Bertz CT molecular complexity index is 1410. The largest absolute Gasteiger partial charge is 0.379 e. The molecule has 1 aliphatic heterocycles. The summed E-state index contributed by atoms with van der Waals surface area (Å²) in [6.45, 7) is 1.31. The third kappa shape index (κ3) is 4.86. The van der Waals surface area contributed by atoms with Gasteiger partial charge in [-0.05, 0) is 30.2 Å². The molecule has 0 bridgehead atoms. The van der Waals surface area contributed by atoms with Crippen molar-refractivity contribution in [3.8, 4) is 0 Å². The second kappa shape index (κ2) is 9.65. The van der Waals surface area contributed by atoms with E-state index < -0.39 is 16.1 Å². The Labute approximate surface area is 203 Å². The minimum atomic E-state index is -3.71. The van der Waals surface area contributed by atoms with Gasteiger partial charge >= 0.3 is 0 Å². The van der Waals surface area contributed by atoms with E-state index in [1.54, 1.807) is 11.6 Å². The predicted octanol–water partition coefficient (Wildman–Crippen LogP) is 2.64. The highest BCUT2D eigenvalue weighted by Gasteiger charge is 2.29. The van der Waals surface area contributed by atoms with Gasteiger partial charge in [0.25, 0.3) is 5.91 Å². The molecule has 0 radical (unpaired) electrons. The molecule has 1 atom stereocenters. The van der Waals surface area contributed by atoms with Crippen LogP contribution < -0.4 is 5.32 Å². The van der Waals surface area contributed by atoms with Gasteiger partial charge < -0.3 is 19.6 Å². The lowest BCUT2D eigenvalue weighted by molar-refractivity contribution is 0.0730. The van der Waals surface area contributed by atoms with E-state index in [4.69, 9.17) is 9.72 Å². The molecule has 4 aromatic rings. The smallest absolute Gasteiger partial charge is 0.268 e. The molecule has 2 aromatic heterocycles. The monoisotopic (exact) mass is 493 g/mol. The van der Waals surface area contributed by atoms with E-state index in [0.29, 0.717) is 38.5 Å². The van der Waals surface area contributed by atoms with Crippen molar-refractivity contribution in [1.82, 2.24) is 24.2 Å². The molecule has 2 N–H and O–H groups in total. The zero-order valence-corrected chi connectivity index (χ0v) is 20.2. The van der Waals surface area contributed by atoms with Crippen LogP contribution in [0.15, 0.2) is 71.8 Å². The number of nitrogens with zero attached hydrogens (tertiary/aromatic N) is 3. The number of nitrogens with one attached hydrogen (secondary N) is 2. The highest BCUT2D eigenvalue weighted by molar-refractivity contribution is 7.89. The number of carbonyl (C=O) groups is 1. The molecular formula is C25H27N5O4S. The molecule has 182 valence electrons. The lowest BCUT2D eigenvalue weighted by Crippen LogP contribution is -2.40. The second-order valence-corrected chi connectivity index (χ2v) is 10.5. The first-order valence-corrected chi connectivity index (χ1v) is 12.9. The zero-order valence-electron chi connectivity index (χ0n) is 19.3. The molecule has 0 unspecified atom stereocenters. The first kappa shape index (κ1) is 23.3. The molecule has 1 fully saturated rings. The standard InChI is InChI=1S/C25H27N5O4S/c1-29-17-19(35(32,33)30-11-13-34-14-12-30)16-23(29)25(31)28-22(15-18-7-3-2-4-8-18)24-26-20-9-5-6-10-21(20)27-24/h2-10,16-17,22H,11-15H2,1H3,(H,26,27)(H,28,31)/t22-/m1/s1. The van der Waals surface area contributed by atoms with E-state index in [1.165, 1.54) is 16.6 Å². The maximum Gasteiger partial charge on any atom is 0.268 e. The Morgan fingerprint density at radius 2 is 1.83 bits per heavy atom. The van der Waals surface area contributed by atoms with Crippen LogP contribution >= 0.6 is 0 Å². The van der Waals surface area contributed by atoms with Crippen LogP contribution in [0.3, 0.4) is 0 Å². The van der Waals surface area contributed by atoms with Gasteiger partial charge in [-0.25, -0.2) is 13.4 Å². The lowest BCUT2D eigenvalue weighted by Gasteiger charge is -2.25. The van der Waals surface area contributed by atoms with Crippen molar-refractivity contribution in [2.45, 2.75) is 17.4 Å². The van der Waals surface area contributed by atoms with Crippen molar-refractivity contribution in [3.05, 3.63) is 83.9 Å². The third-order valence-corrected chi connectivity index (χ3v) is 8.01. The van der Waals surface area contributed by atoms with Gasteiger partial charge in [-0.2, -0.15) is 4.31 Å². The highest BCUT2D eigenvalue weighted by Crippen LogP contribution is 2.23. The Morgan fingerprint density at radius 1 is 1.11 bits per heavy atom. The van der Waals surface area contributed by atoms with Crippen LogP contribution in [-0.4, -0.2) is 59.5 Å². The number of ether oxygens (including phenoxy) is 1. The predicted molar refractivity (Wildman–Crippen MR) is 131 cm³/mol. The van der Waals surface area contributed by atoms with Crippen LogP contribution in [0.1, 0.15) is 27.9 Å². The van der Waals surface area contributed by atoms with Crippen LogP contribution in [0, 0.1) is 0 Å². The molecule has 1 amide bonds. The normalized spacial score (nSPS) is 15.8. The SMILES string of the molecule is Cn1cc(S(=O)(=O)N2CCOCC2)cc1C(=O)N[C@H](Cc1ccccc1)c1nc2ccccc2[nH]1. The van der Waals surface area contributed by atoms with Gasteiger partial charge in [0.05, 0.1) is 30.3 Å². The van der Waals surface area contributed by atoms with E-state index in [1.807, 2.05) is 54.6 Å². The number of morpholine rings is 1. The molecule has 2 aromatic carbocycles. The van der Waals surface area contributed by atoms with Crippen molar-refractivity contribution in [1.29, 1.82) is 0 Å². The number of carbonyl (C=O) groups excluding carboxylic acids is 1. The van der Waals surface area contributed by atoms with Crippen LogP contribution in [0.2, 0.25) is 0 Å². The number of amides is 1. The maximum atomic E-state index is 13.4. The third-order valence-electron chi connectivity index (χ3n) is 6.15. The summed E-state index contributed by atoms with van der Waals surface area (Å²) in [5.41, 5.74) is 2.99. The lowest BCUT2D eigenvalue weighted by atomic mass is 10.1. The number of sulfonamides is 1. The number of hydrogen-bond acceptors (Lipinski definition) is 5.